The maximum absolute atomic E-state index is 12.3. The predicted octanol–water partition coefficient (Wildman–Crippen LogP) is 3.99. The van der Waals surface area contributed by atoms with Gasteiger partial charge in [-0.2, -0.15) is 0 Å². The van der Waals surface area contributed by atoms with Crippen molar-refractivity contribution in [3.05, 3.63) is 83.1 Å². The Hall–Kier alpha value is -2.92. The molecule has 5 nitrogen and oxygen atoms in total. The summed E-state index contributed by atoms with van der Waals surface area (Å²) in [6, 6.07) is 18.5. The van der Waals surface area contributed by atoms with Crippen LogP contribution in [0.15, 0.2) is 66.9 Å². The van der Waals surface area contributed by atoms with Crippen molar-refractivity contribution in [1.82, 2.24) is 9.97 Å². The zero-order valence-corrected chi connectivity index (χ0v) is 13.5. The lowest BCUT2D eigenvalue weighted by molar-refractivity contribution is 0.102. The number of benzene rings is 2. The molecule has 0 atom stereocenters. The van der Waals surface area contributed by atoms with Crippen molar-refractivity contribution in [3.63, 3.8) is 0 Å². The number of para-hydroxylation sites is 1. The first-order chi connectivity index (χ1) is 11.7. The number of nitrogens with one attached hydrogen (secondary N) is 2. The van der Waals surface area contributed by atoms with Gasteiger partial charge in [-0.3, -0.25) is 4.79 Å². The minimum Gasteiger partial charge on any atom is -0.350 e. The molecule has 3 rings (SSSR count). The van der Waals surface area contributed by atoms with Crippen molar-refractivity contribution in [1.29, 1.82) is 0 Å². The maximum Gasteiger partial charge on any atom is 0.274 e. The third kappa shape index (κ3) is 4.08. The monoisotopic (exact) mass is 338 g/mol. The van der Waals surface area contributed by atoms with Gasteiger partial charge in [0.1, 0.15) is 5.69 Å². The Bertz CT molecular complexity index is 839. The van der Waals surface area contributed by atoms with Crippen molar-refractivity contribution in [2.24, 2.45) is 0 Å². The quantitative estimate of drug-likeness (QED) is 0.738. The lowest BCUT2D eigenvalue weighted by Crippen LogP contribution is -2.15. The number of anilines is 2. The number of aromatic nitrogens is 2. The highest BCUT2D eigenvalue weighted by Gasteiger charge is 2.10. The highest BCUT2D eigenvalue weighted by molar-refractivity contribution is 6.33. The normalized spacial score (nSPS) is 10.2. The van der Waals surface area contributed by atoms with E-state index in [1.807, 2.05) is 30.3 Å². The second kappa shape index (κ2) is 7.57. The van der Waals surface area contributed by atoms with E-state index in [0.717, 1.165) is 5.56 Å². The highest BCUT2D eigenvalue weighted by Crippen LogP contribution is 2.21. The van der Waals surface area contributed by atoms with Crippen LogP contribution in [0.4, 0.5) is 11.6 Å². The Morgan fingerprint density at radius 2 is 1.75 bits per heavy atom. The molecule has 0 spiro atoms. The second-order valence-corrected chi connectivity index (χ2v) is 5.45. The van der Waals surface area contributed by atoms with E-state index in [0.29, 0.717) is 23.2 Å². The molecule has 1 heterocycles. The van der Waals surface area contributed by atoms with Gasteiger partial charge in [0.2, 0.25) is 5.95 Å². The molecule has 0 aliphatic heterocycles. The van der Waals surface area contributed by atoms with Crippen molar-refractivity contribution in [3.8, 4) is 0 Å². The number of carbonyl (C=O) groups is 1. The van der Waals surface area contributed by atoms with Gasteiger partial charge in [-0.15, -0.1) is 0 Å². The Morgan fingerprint density at radius 1 is 1.00 bits per heavy atom. The maximum atomic E-state index is 12.3. The van der Waals surface area contributed by atoms with Gasteiger partial charge in [-0.1, -0.05) is 54.1 Å². The molecule has 3 aromatic rings. The van der Waals surface area contributed by atoms with Crippen molar-refractivity contribution >= 4 is 29.1 Å². The second-order valence-electron chi connectivity index (χ2n) is 5.04. The largest absolute Gasteiger partial charge is 0.350 e. The van der Waals surface area contributed by atoms with E-state index in [-0.39, 0.29) is 11.6 Å². The van der Waals surface area contributed by atoms with Crippen molar-refractivity contribution in [2.75, 3.05) is 10.6 Å². The molecule has 2 aromatic carbocycles. The molecule has 0 aliphatic carbocycles. The lowest BCUT2D eigenvalue weighted by Gasteiger charge is -2.08. The summed E-state index contributed by atoms with van der Waals surface area (Å²) in [6.45, 7) is 0.580. The van der Waals surface area contributed by atoms with Gasteiger partial charge < -0.3 is 10.6 Å². The van der Waals surface area contributed by atoms with Crippen LogP contribution in [0, 0.1) is 0 Å². The van der Waals surface area contributed by atoms with Crippen LogP contribution in [0.5, 0.6) is 0 Å². The van der Waals surface area contributed by atoms with Crippen molar-refractivity contribution < 1.29 is 4.79 Å². The minimum absolute atomic E-state index is 0.264. The first-order valence-corrected chi connectivity index (χ1v) is 7.77. The van der Waals surface area contributed by atoms with Crippen LogP contribution in [0.25, 0.3) is 0 Å². The van der Waals surface area contributed by atoms with Crippen LogP contribution in [0.2, 0.25) is 5.02 Å². The van der Waals surface area contributed by atoms with Crippen molar-refractivity contribution in [2.45, 2.75) is 6.54 Å². The predicted molar refractivity (Wildman–Crippen MR) is 95.2 cm³/mol. The number of halogens is 1. The van der Waals surface area contributed by atoms with Gasteiger partial charge in [0.25, 0.3) is 5.91 Å². The fourth-order valence-electron chi connectivity index (χ4n) is 2.10. The van der Waals surface area contributed by atoms with Gasteiger partial charge in [-0.25, -0.2) is 9.97 Å². The van der Waals surface area contributed by atoms with Gasteiger partial charge in [-0.05, 0) is 23.8 Å². The minimum atomic E-state index is -0.340. The average Bonchev–Trinajstić information content (AvgIpc) is 2.63. The van der Waals surface area contributed by atoms with Gasteiger partial charge >= 0.3 is 0 Å². The molecule has 120 valence electrons. The zero-order valence-electron chi connectivity index (χ0n) is 12.7. The number of hydrogen-bond acceptors (Lipinski definition) is 4. The summed E-state index contributed by atoms with van der Waals surface area (Å²) in [6.07, 6.45) is 1.54. The fourth-order valence-corrected chi connectivity index (χ4v) is 2.28. The number of rotatable bonds is 5. The number of amides is 1. The number of carbonyl (C=O) groups excluding carboxylic acids is 1. The van der Waals surface area contributed by atoms with E-state index in [1.165, 1.54) is 0 Å². The average molecular weight is 339 g/mol. The molecular formula is C18H15ClN4O. The van der Waals surface area contributed by atoms with Crippen LogP contribution in [0.1, 0.15) is 16.1 Å². The van der Waals surface area contributed by atoms with Gasteiger partial charge in [0.15, 0.2) is 0 Å². The molecule has 0 radical (unpaired) electrons. The molecule has 24 heavy (non-hydrogen) atoms. The standard InChI is InChI=1S/C18H15ClN4O/c19-14-8-4-5-9-15(14)22-17(24)16-10-11-20-18(23-16)21-12-13-6-2-1-3-7-13/h1-11H,12H2,(H,22,24)(H,20,21,23). The Morgan fingerprint density at radius 3 is 2.54 bits per heavy atom. The number of hydrogen-bond donors (Lipinski definition) is 2. The molecule has 0 unspecified atom stereocenters. The molecule has 0 saturated heterocycles. The van der Waals surface area contributed by atoms with E-state index < -0.39 is 0 Å². The third-order valence-corrected chi connectivity index (χ3v) is 3.63. The number of nitrogens with zero attached hydrogens (tertiary/aromatic N) is 2. The smallest absolute Gasteiger partial charge is 0.274 e. The molecule has 1 aromatic heterocycles. The van der Waals surface area contributed by atoms with E-state index in [9.17, 15) is 4.79 Å². The van der Waals surface area contributed by atoms with E-state index in [2.05, 4.69) is 20.6 Å². The molecule has 6 heteroatoms. The highest BCUT2D eigenvalue weighted by atomic mass is 35.5. The molecule has 1 amide bonds. The third-order valence-electron chi connectivity index (χ3n) is 3.30. The summed E-state index contributed by atoms with van der Waals surface area (Å²) in [7, 11) is 0. The van der Waals surface area contributed by atoms with Gasteiger partial charge in [0.05, 0.1) is 10.7 Å². The summed E-state index contributed by atoms with van der Waals surface area (Å²) >= 11 is 6.04. The van der Waals surface area contributed by atoms with E-state index in [1.54, 1.807) is 36.5 Å². The summed E-state index contributed by atoms with van der Waals surface area (Å²) < 4.78 is 0. The zero-order chi connectivity index (χ0) is 16.8. The Balaban J connectivity index is 1.68. The summed E-state index contributed by atoms with van der Waals surface area (Å²) in [5.41, 5.74) is 1.91. The first-order valence-electron chi connectivity index (χ1n) is 7.39. The topological polar surface area (TPSA) is 66.9 Å². The van der Waals surface area contributed by atoms with Crippen LogP contribution < -0.4 is 10.6 Å². The molecule has 0 fully saturated rings. The van der Waals surface area contributed by atoms with Crippen LogP contribution in [-0.2, 0) is 6.54 Å². The van der Waals surface area contributed by atoms with Gasteiger partial charge in [0, 0.05) is 12.7 Å². The first kappa shape index (κ1) is 16.0. The SMILES string of the molecule is O=C(Nc1ccccc1Cl)c1ccnc(NCc2ccccc2)n1. The van der Waals surface area contributed by atoms with E-state index >= 15 is 0 Å². The van der Waals surface area contributed by atoms with Crippen LogP contribution in [0.3, 0.4) is 0 Å². The molecule has 0 saturated carbocycles. The van der Waals surface area contributed by atoms with Crippen LogP contribution >= 0.6 is 11.6 Å². The molecule has 0 bridgehead atoms. The van der Waals surface area contributed by atoms with E-state index in [4.69, 9.17) is 11.6 Å². The summed E-state index contributed by atoms with van der Waals surface area (Å²) in [4.78, 5) is 20.7. The molecule has 0 aliphatic rings. The Kier molecular flexibility index (Phi) is 5.03. The summed E-state index contributed by atoms with van der Waals surface area (Å²) in [5, 5.41) is 6.32. The Labute approximate surface area is 144 Å². The summed E-state index contributed by atoms with van der Waals surface area (Å²) in [5.74, 6) is 0.0546. The molecule has 2 N–H and O–H groups in total. The molecular weight excluding hydrogens is 324 g/mol. The lowest BCUT2D eigenvalue weighted by atomic mass is 10.2. The fraction of sp³-hybridized carbons (Fsp3) is 0.0556. The van der Waals surface area contributed by atoms with Crippen LogP contribution in [-0.4, -0.2) is 15.9 Å².